The smallest absolute Gasteiger partial charge is 0.303 e. The van der Waals surface area contributed by atoms with Gasteiger partial charge in [0.1, 0.15) is 12.2 Å². The Balaban J connectivity index is 1.25. The fourth-order valence-corrected chi connectivity index (χ4v) is 12.8. The van der Waals surface area contributed by atoms with Crippen LogP contribution < -0.4 is 0 Å². The quantitative estimate of drug-likeness (QED) is 0.199. The SMILES string of the molecule is CC(=O)OC([C@H]1C[C@@H](C)C2[C@H](O1)C(=O)[C@@]1(C)[C@@H]3CC[C@H]4C(C)(C)[C@@H](OC(C=O)OC[C@@H](O)C=O)CC[C@@]45C[C@@]35CC[C@]21C)C(C)(C)O. The zero-order valence-electron chi connectivity index (χ0n) is 29.5. The van der Waals surface area contributed by atoms with Crippen LogP contribution >= 0.6 is 0 Å². The van der Waals surface area contributed by atoms with E-state index in [1.807, 2.05) is 0 Å². The van der Waals surface area contributed by atoms with Gasteiger partial charge in [0.05, 0.1) is 24.4 Å². The number of ether oxygens (including phenoxy) is 4. The summed E-state index contributed by atoms with van der Waals surface area (Å²) in [4.78, 5) is 49.6. The van der Waals surface area contributed by atoms with E-state index in [1.54, 1.807) is 13.8 Å². The summed E-state index contributed by atoms with van der Waals surface area (Å²) >= 11 is 0. The predicted molar refractivity (Wildman–Crippen MR) is 170 cm³/mol. The van der Waals surface area contributed by atoms with Crippen molar-refractivity contribution in [1.82, 2.24) is 0 Å². The zero-order valence-corrected chi connectivity index (χ0v) is 29.5. The molecule has 47 heavy (non-hydrogen) atoms. The van der Waals surface area contributed by atoms with Gasteiger partial charge < -0.3 is 34.0 Å². The maximum Gasteiger partial charge on any atom is 0.303 e. The topological polar surface area (TPSA) is 146 Å². The molecule has 10 heteroatoms. The van der Waals surface area contributed by atoms with Crippen LogP contribution in [-0.2, 0) is 38.1 Å². The predicted octanol–water partition coefficient (Wildman–Crippen LogP) is 4.20. The average molecular weight is 661 g/mol. The second-order valence-electron chi connectivity index (χ2n) is 17.7. The van der Waals surface area contributed by atoms with Gasteiger partial charge in [0.2, 0.25) is 6.29 Å². The first-order chi connectivity index (χ1) is 21.8. The molecule has 1 aliphatic heterocycles. The second kappa shape index (κ2) is 11.4. The third kappa shape index (κ3) is 4.89. The Hall–Kier alpha value is -1.72. The Bertz CT molecular complexity index is 1290. The molecule has 0 aromatic carbocycles. The molecule has 14 atom stereocenters. The van der Waals surface area contributed by atoms with Gasteiger partial charge in [-0.25, -0.2) is 0 Å². The minimum absolute atomic E-state index is 0.0550. The molecule has 0 aromatic rings. The van der Waals surface area contributed by atoms with Gasteiger partial charge >= 0.3 is 5.97 Å². The van der Waals surface area contributed by atoms with E-state index < -0.39 is 47.7 Å². The van der Waals surface area contributed by atoms with E-state index in [9.17, 15) is 29.4 Å². The molecule has 1 saturated heterocycles. The molecule has 6 aliphatic rings. The number of fused-ring (bicyclic) bond motifs is 4. The van der Waals surface area contributed by atoms with Crippen LogP contribution in [0.25, 0.3) is 0 Å². The average Bonchev–Trinajstić information content (AvgIpc) is 3.62. The molecule has 2 N–H and O–H groups in total. The Morgan fingerprint density at radius 1 is 1.04 bits per heavy atom. The molecule has 5 saturated carbocycles. The van der Waals surface area contributed by atoms with Crippen LogP contribution in [0.3, 0.4) is 0 Å². The van der Waals surface area contributed by atoms with Crippen molar-refractivity contribution in [3.8, 4) is 0 Å². The molecule has 6 rings (SSSR count). The largest absolute Gasteiger partial charge is 0.457 e. The van der Waals surface area contributed by atoms with Crippen molar-refractivity contribution in [2.75, 3.05) is 6.61 Å². The summed E-state index contributed by atoms with van der Waals surface area (Å²) in [7, 11) is 0. The lowest BCUT2D eigenvalue weighted by molar-refractivity contribution is -0.225. The third-order valence-corrected chi connectivity index (χ3v) is 14.8. The van der Waals surface area contributed by atoms with E-state index in [0.29, 0.717) is 24.9 Å². The van der Waals surface area contributed by atoms with Gasteiger partial charge in [0.15, 0.2) is 24.5 Å². The molecule has 6 fully saturated rings. The highest BCUT2D eigenvalue weighted by molar-refractivity contribution is 5.93. The van der Waals surface area contributed by atoms with E-state index in [-0.39, 0.29) is 57.9 Å². The maximum atomic E-state index is 14.9. The summed E-state index contributed by atoms with van der Waals surface area (Å²) in [6.45, 7) is 15.5. The highest BCUT2D eigenvalue weighted by Crippen LogP contribution is 2.89. The minimum Gasteiger partial charge on any atom is -0.457 e. The number of esters is 1. The molecule has 3 unspecified atom stereocenters. The number of hydrogen-bond donors (Lipinski definition) is 2. The van der Waals surface area contributed by atoms with Gasteiger partial charge in [-0.05, 0) is 105 Å². The van der Waals surface area contributed by atoms with Crippen LogP contribution in [-0.4, -0.2) is 83.6 Å². The summed E-state index contributed by atoms with van der Waals surface area (Å²) in [5.74, 6) is 0.510. The van der Waals surface area contributed by atoms with Crippen LogP contribution in [0, 0.1) is 50.7 Å². The number of aldehydes is 2. The second-order valence-corrected chi connectivity index (χ2v) is 17.7. The number of Topliss-reactive ketones (excluding diaryl/α,β-unsaturated/α-hetero) is 1. The maximum absolute atomic E-state index is 14.9. The highest BCUT2D eigenvalue weighted by atomic mass is 16.7. The van der Waals surface area contributed by atoms with E-state index in [1.165, 1.54) is 6.92 Å². The van der Waals surface area contributed by atoms with E-state index in [2.05, 4.69) is 34.6 Å². The monoisotopic (exact) mass is 660 g/mol. The van der Waals surface area contributed by atoms with Crippen molar-refractivity contribution < 1.29 is 48.3 Å². The summed E-state index contributed by atoms with van der Waals surface area (Å²) in [5, 5.41) is 20.6. The normalized spacial score (nSPS) is 46.8. The Morgan fingerprint density at radius 2 is 1.70 bits per heavy atom. The number of carbonyl (C=O) groups is 4. The molecule has 10 nitrogen and oxygen atoms in total. The van der Waals surface area contributed by atoms with Crippen molar-refractivity contribution in [2.45, 2.75) is 149 Å². The summed E-state index contributed by atoms with van der Waals surface area (Å²) < 4.78 is 24.0. The molecule has 0 radical (unpaired) electrons. The van der Waals surface area contributed by atoms with Crippen LogP contribution in [0.2, 0.25) is 0 Å². The molecule has 0 aromatic heterocycles. The van der Waals surface area contributed by atoms with Crippen molar-refractivity contribution in [3.05, 3.63) is 0 Å². The van der Waals surface area contributed by atoms with Crippen molar-refractivity contribution >= 4 is 24.3 Å². The molecule has 5 aliphatic carbocycles. The molecule has 0 bridgehead atoms. The van der Waals surface area contributed by atoms with Crippen LogP contribution in [0.15, 0.2) is 0 Å². The number of hydrogen-bond acceptors (Lipinski definition) is 10. The van der Waals surface area contributed by atoms with Gasteiger partial charge in [-0.15, -0.1) is 0 Å². The highest BCUT2D eigenvalue weighted by Gasteiger charge is 2.85. The van der Waals surface area contributed by atoms with E-state index >= 15 is 0 Å². The molecule has 264 valence electrons. The van der Waals surface area contributed by atoms with Gasteiger partial charge in [0.25, 0.3) is 0 Å². The number of carbonyl (C=O) groups excluding carboxylic acids is 4. The van der Waals surface area contributed by atoms with E-state index in [0.717, 1.165) is 44.9 Å². The van der Waals surface area contributed by atoms with Crippen LogP contribution in [0.1, 0.15) is 107 Å². The lowest BCUT2D eigenvalue weighted by atomic mass is 9.41. The van der Waals surface area contributed by atoms with Crippen molar-refractivity contribution in [2.24, 2.45) is 50.7 Å². The van der Waals surface area contributed by atoms with Crippen LogP contribution in [0.4, 0.5) is 0 Å². The zero-order chi connectivity index (χ0) is 34.5. The number of ketones is 1. The van der Waals surface area contributed by atoms with Gasteiger partial charge in [-0.2, -0.15) is 0 Å². The summed E-state index contributed by atoms with van der Waals surface area (Å²) in [6.07, 6.45) is 3.65. The first kappa shape index (κ1) is 35.1. The number of aliphatic hydroxyl groups excluding tert-OH is 1. The fraction of sp³-hybridized carbons (Fsp3) is 0.892. The Morgan fingerprint density at radius 3 is 2.32 bits per heavy atom. The number of aliphatic hydroxyl groups is 2. The van der Waals surface area contributed by atoms with E-state index in [4.69, 9.17) is 18.9 Å². The van der Waals surface area contributed by atoms with Gasteiger partial charge in [-0.1, -0.05) is 34.6 Å². The first-order valence-electron chi connectivity index (χ1n) is 17.8. The standard InChI is InChI=1S/C37H56O10/c1-20-15-23(31(33(5,6)43)45-21(2)40)46-29-28(20)34(7)13-14-37-19-36(37)12-11-26(47-27(17-39)44-18-22(41)16-38)32(3,4)24(36)9-10-25(37)35(34,8)30(29)42/h16-17,20,22-29,31,41,43H,9-15,18-19H2,1-8H3/t20-,22+,23-,24+,25+,26+,27?,28?,29+,31?,34-,35-,36-,37+/m1/s1. The van der Waals surface area contributed by atoms with Crippen molar-refractivity contribution in [3.63, 3.8) is 0 Å². The third-order valence-electron chi connectivity index (χ3n) is 14.8. The molecule has 1 heterocycles. The van der Waals surface area contributed by atoms with Crippen LogP contribution in [0.5, 0.6) is 0 Å². The van der Waals surface area contributed by atoms with Gasteiger partial charge in [0, 0.05) is 18.3 Å². The minimum atomic E-state index is -1.32. The molecular weight excluding hydrogens is 604 g/mol. The lowest BCUT2D eigenvalue weighted by Crippen LogP contribution is -2.59. The number of rotatable bonds is 10. The lowest BCUT2D eigenvalue weighted by Gasteiger charge is -2.62. The summed E-state index contributed by atoms with van der Waals surface area (Å²) in [5.41, 5.74) is -2.17. The Labute approximate surface area is 279 Å². The molecule has 0 amide bonds. The Kier molecular flexibility index (Phi) is 8.52. The first-order valence-corrected chi connectivity index (χ1v) is 17.8. The molecule has 2 spiro atoms. The van der Waals surface area contributed by atoms with Crippen molar-refractivity contribution in [1.29, 1.82) is 0 Å². The molecular formula is C37H56O10. The summed E-state index contributed by atoms with van der Waals surface area (Å²) in [6, 6.07) is 0. The fourth-order valence-electron chi connectivity index (χ4n) is 12.8. The van der Waals surface area contributed by atoms with Gasteiger partial charge in [-0.3, -0.25) is 14.4 Å².